The molecule has 0 aromatic heterocycles. The number of amides is 3. The van der Waals surface area contributed by atoms with Crippen molar-refractivity contribution >= 4 is 23.4 Å². The lowest BCUT2D eigenvalue weighted by atomic mass is 10.1. The van der Waals surface area contributed by atoms with E-state index in [2.05, 4.69) is 5.32 Å². The van der Waals surface area contributed by atoms with Crippen molar-refractivity contribution in [3.05, 3.63) is 65.2 Å². The second kappa shape index (κ2) is 8.30. The number of para-hydroxylation sites is 1. The first-order chi connectivity index (χ1) is 14.5. The van der Waals surface area contributed by atoms with Gasteiger partial charge in [0.15, 0.2) is 0 Å². The van der Waals surface area contributed by atoms with Crippen molar-refractivity contribution in [1.82, 2.24) is 10.2 Å². The monoisotopic (exact) mass is 405 g/mol. The molecule has 2 aromatic carbocycles. The Kier molecular flexibility index (Phi) is 5.57. The number of rotatable bonds is 5. The highest BCUT2D eigenvalue weighted by Gasteiger charge is 2.41. The van der Waals surface area contributed by atoms with Crippen LogP contribution in [0, 0.1) is 0 Å². The Hall–Kier alpha value is -3.15. The van der Waals surface area contributed by atoms with Crippen molar-refractivity contribution in [2.45, 2.75) is 51.7 Å². The molecule has 2 aromatic rings. The van der Waals surface area contributed by atoms with E-state index in [4.69, 9.17) is 0 Å². The number of hydrogen-bond acceptors (Lipinski definition) is 3. The zero-order valence-electron chi connectivity index (χ0n) is 17.4. The minimum Gasteiger partial charge on any atom is -0.350 e. The molecule has 4 rings (SSSR count). The number of carbonyl (C=O) groups is 3. The van der Waals surface area contributed by atoms with Crippen LogP contribution in [0.5, 0.6) is 0 Å². The summed E-state index contributed by atoms with van der Waals surface area (Å²) in [4.78, 5) is 42.4. The SMILES string of the molecule is CCC(C)NC(=O)c1cccc(CN2C(=O)C3CCCN3C(=O)c3ccccc32)c1. The van der Waals surface area contributed by atoms with Crippen LogP contribution in [0.15, 0.2) is 48.5 Å². The molecule has 2 aliphatic rings. The summed E-state index contributed by atoms with van der Waals surface area (Å²) in [5.74, 6) is -0.253. The Morgan fingerprint density at radius 3 is 2.77 bits per heavy atom. The van der Waals surface area contributed by atoms with E-state index >= 15 is 0 Å². The third-order valence-corrected chi connectivity index (χ3v) is 6.01. The van der Waals surface area contributed by atoms with Crippen LogP contribution in [-0.2, 0) is 11.3 Å². The second-order valence-corrected chi connectivity index (χ2v) is 8.08. The molecule has 0 radical (unpaired) electrons. The molecule has 1 N–H and O–H groups in total. The van der Waals surface area contributed by atoms with Crippen LogP contribution in [0.3, 0.4) is 0 Å². The van der Waals surface area contributed by atoms with E-state index in [1.165, 1.54) is 0 Å². The molecule has 1 saturated heterocycles. The number of nitrogens with zero attached hydrogens (tertiary/aromatic N) is 2. The van der Waals surface area contributed by atoms with Gasteiger partial charge in [0.05, 0.1) is 17.8 Å². The topological polar surface area (TPSA) is 69.7 Å². The van der Waals surface area contributed by atoms with E-state index in [1.807, 2.05) is 50.2 Å². The van der Waals surface area contributed by atoms with Gasteiger partial charge in [-0.15, -0.1) is 0 Å². The standard InChI is InChI=1S/C24H27N3O3/c1-3-16(2)25-22(28)18-9-6-8-17(14-18)15-27-20-11-5-4-10-19(20)23(29)26-13-7-12-21(26)24(27)30/h4-6,8-11,14,16,21H,3,7,12-13,15H2,1-2H3,(H,25,28). The van der Waals surface area contributed by atoms with Gasteiger partial charge in [-0.1, -0.05) is 31.2 Å². The highest BCUT2D eigenvalue weighted by atomic mass is 16.2. The fourth-order valence-electron chi connectivity index (χ4n) is 4.18. The third-order valence-electron chi connectivity index (χ3n) is 6.01. The van der Waals surface area contributed by atoms with Gasteiger partial charge in [0.1, 0.15) is 6.04 Å². The molecule has 0 aliphatic carbocycles. The fourth-order valence-corrected chi connectivity index (χ4v) is 4.18. The quantitative estimate of drug-likeness (QED) is 0.829. The minimum atomic E-state index is -0.415. The molecule has 2 aliphatic heterocycles. The molecule has 6 heteroatoms. The Morgan fingerprint density at radius 2 is 1.97 bits per heavy atom. The summed E-state index contributed by atoms with van der Waals surface area (Å²) in [5.41, 5.74) is 2.62. The van der Waals surface area contributed by atoms with Gasteiger partial charge in [-0.25, -0.2) is 0 Å². The predicted molar refractivity (Wildman–Crippen MR) is 115 cm³/mol. The summed E-state index contributed by atoms with van der Waals surface area (Å²) < 4.78 is 0. The van der Waals surface area contributed by atoms with Crippen molar-refractivity contribution in [2.24, 2.45) is 0 Å². The first-order valence-corrected chi connectivity index (χ1v) is 10.6. The summed E-state index contributed by atoms with van der Waals surface area (Å²) in [6.45, 7) is 4.93. The van der Waals surface area contributed by atoms with Crippen molar-refractivity contribution in [2.75, 3.05) is 11.4 Å². The molecule has 3 amide bonds. The van der Waals surface area contributed by atoms with E-state index in [9.17, 15) is 14.4 Å². The van der Waals surface area contributed by atoms with Crippen molar-refractivity contribution in [3.63, 3.8) is 0 Å². The summed E-state index contributed by atoms with van der Waals surface area (Å²) in [7, 11) is 0. The lowest BCUT2D eigenvalue weighted by molar-refractivity contribution is -0.122. The van der Waals surface area contributed by atoms with Crippen molar-refractivity contribution in [1.29, 1.82) is 0 Å². The Balaban J connectivity index is 1.66. The van der Waals surface area contributed by atoms with Crippen molar-refractivity contribution in [3.8, 4) is 0 Å². The number of anilines is 1. The van der Waals surface area contributed by atoms with Gasteiger partial charge in [0.2, 0.25) is 5.91 Å². The molecule has 0 saturated carbocycles. The maximum absolute atomic E-state index is 13.4. The Morgan fingerprint density at radius 1 is 1.17 bits per heavy atom. The highest BCUT2D eigenvalue weighted by molar-refractivity contribution is 6.11. The van der Waals surface area contributed by atoms with Crippen LogP contribution in [0.4, 0.5) is 5.69 Å². The lowest BCUT2D eigenvalue weighted by Gasteiger charge is -2.26. The maximum Gasteiger partial charge on any atom is 0.256 e. The van der Waals surface area contributed by atoms with Crippen molar-refractivity contribution < 1.29 is 14.4 Å². The Labute approximate surface area is 176 Å². The van der Waals surface area contributed by atoms with Gasteiger partial charge in [0.25, 0.3) is 11.8 Å². The summed E-state index contributed by atoms with van der Waals surface area (Å²) >= 11 is 0. The van der Waals surface area contributed by atoms with Crippen LogP contribution in [0.2, 0.25) is 0 Å². The molecule has 156 valence electrons. The van der Waals surface area contributed by atoms with E-state index in [-0.39, 0.29) is 23.8 Å². The smallest absolute Gasteiger partial charge is 0.256 e. The van der Waals surface area contributed by atoms with Crippen LogP contribution in [-0.4, -0.2) is 41.2 Å². The van der Waals surface area contributed by atoms with Gasteiger partial charge >= 0.3 is 0 Å². The summed E-state index contributed by atoms with van der Waals surface area (Å²) in [5, 5.41) is 2.98. The number of benzene rings is 2. The molecule has 30 heavy (non-hydrogen) atoms. The van der Waals surface area contributed by atoms with Crippen LogP contribution in [0.25, 0.3) is 0 Å². The molecule has 0 bridgehead atoms. The predicted octanol–water partition coefficient (Wildman–Crippen LogP) is 3.37. The molecule has 2 atom stereocenters. The first kappa shape index (κ1) is 20.1. The normalized spacial score (nSPS) is 19.2. The highest BCUT2D eigenvalue weighted by Crippen LogP contribution is 2.33. The van der Waals surface area contributed by atoms with Crippen LogP contribution >= 0.6 is 0 Å². The van der Waals surface area contributed by atoms with E-state index in [0.29, 0.717) is 36.3 Å². The molecule has 6 nitrogen and oxygen atoms in total. The number of hydrogen-bond donors (Lipinski definition) is 1. The molecular formula is C24H27N3O3. The molecule has 0 spiro atoms. The first-order valence-electron chi connectivity index (χ1n) is 10.6. The molecule has 2 heterocycles. The number of carbonyl (C=O) groups excluding carboxylic acids is 3. The summed E-state index contributed by atoms with van der Waals surface area (Å²) in [6.07, 6.45) is 2.38. The van der Waals surface area contributed by atoms with Gasteiger partial charge in [-0.05, 0) is 56.0 Å². The fraction of sp³-hybridized carbons (Fsp3) is 0.375. The average molecular weight is 405 g/mol. The number of fused-ring (bicyclic) bond motifs is 2. The molecule has 2 unspecified atom stereocenters. The van der Waals surface area contributed by atoms with Crippen LogP contribution in [0.1, 0.15) is 59.4 Å². The average Bonchev–Trinajstić information content (AvgIpc) is 3.24. The maximum atomic E-state index is 13.4. The van der Waals surface area contributed by atoms with Gasteiger partial charge in [-0.2, -0.15) is 0 Å². The zero-order chi connectivity index (χ0) is 21.3. The summed E-state index contributed by atoms with van der Waals surface area (Å²) in [6, 6.07) is 14.3. The van der Waals surface area contributed by atoms with Gasteiger partial charge in [-0.3, -0.25) is 14.4 Å². The van der Waals surface area contributed by atoms with Gasteiger partial charge in [0, 0.05) is 18.2 Å². The molecule has 1 fully saturated rings. The molecular weight excluding hydrogens is 378 g/mol. The lowest BCUT2D eigenvalue weighted by Crippen LogP contribution is -2.44. The van der Waals surface area contributed by atoms with E-state index in [0.717, 1.165) is 18.4 Å². The van der Waals surface area contributed by atoms with E-state index in [1.54, 1.807) is 21.9 Å². The van der Waals surface area contributed by atoms with E-state index < -0.39 is 6.04 Å². The Bertz CT molecular complexity index is 987. The minimum absolute atomic E-state index is 0.0553. The zero-order valence-corrected chi connectivity index (χ0v) is 17.4. The largest absolute Gasteiger partial charge is 0.350 e. The second-order valence-electron chi connectivity index (χ2n) is 8.08. The van der Waals surface area contributed by atoms with Gasteiger partial charge < -0.3 is 15.1 Å². The number of nitrogens with one attached hydrogen (secondary N) is 1. The third kappa shape index (κ3) is 3.70. The van der Waals surface area contributed by atoms with Crippen LogP contribution < -0.4 is 10.2 Å².